The molecule has 0 aliphatic rings. The number of hydrogen-bond acceptors (Lipinski definition) is 5. The van der Waals surface area contributed by atoms with Gasteiger partial charge >= 0.3 is 0 Å². The quantitative estimate of drug-likeness (QED) is 0.321. The van der Waals surface area contributed by atoms with Gasteiger partial charge in [0.25, 0.3) is 15.9 Å². The number of anilines is 1. The lowest BCUT2D eigenvalue weighted by Gasteiger charge is -2.25. The molecule has 0 saturated carbocycles. The van der Waals surface area contributed by atoms with Crippen molar-refractivity contribution in [1.29, 1.82) is 0 Å². The number of nitrogens with one attached hydrogen (secondary N) is 1. The molecule has 1 amide bonds. The highest BCUT2D eigenvalue weighted by Crippen LogP contribution is 2.28. The van der Waals surface area contributed by atoms with E-state index < -0.39 is 22.5 Å². The summed E-state index contributed by atoms with van der Waals surface area (Å²) in [5.41, 5.74) is 4.13. The molecule has 0 aromatic heterocycles. The average Bonchev–Trinajstić information content (AvgIpc) is 2.83. The van der Waals surface area contributed by atoms with Gasteiger partial charge in [0.05, 0.1) is 23.4 Å². The summed E-state index contributed by atoms with van der Waals surface area (Å²) >= 11 is 6.05. The van der Waals surface area contributed by atoms with Crippen LogP contribution in [-0.4, -0.2) is 33.7 Å². The average molecular weight is 500 g/mol. The maximum atomic E-state index is 13.4. The number of rotatable bonds is 10. The number of halogens is 1. The zero-order valence-electron chi connectivity index (χ0n) is 18.9. The molecule has 0 heterocycles. The largest absolute Gasteiger partial charge is 0.494 e. The zero-order valence-corrected chi connectivity index (χ0v) is 20.5. The van der Waals surface area contributed by atoms with Gasteiger partial charge in [-0.25, -0.2) is 13.8 Å². The van der Waals surface area contributed by atoms with Crippen molar-refractivity contribution in [3.8, 4) is 5.75 Å². The fourth-order valence-corrected chi connectivity index (χ4v) is 4.87. The van der Waals surface area contributed by atoms with Crippen molar-refractivity contribution >= 4 is 39.4 Å². The molecule has 0 aliphatic carbocycles. The molecule has 0 bridgehead atoms. The summed E-state index contributed by atoms with van der Waals surface area (Å²) in [5.74, 6) is 0.163. The van der Waals surface area contributed by atoms with Crippen LogP contribution in [0.3, 0.4) is 0 Å². The van der Waals surface area contributed by atoms with Crippen LogP contribution in [-0.2, 0) is 14.8 Å². The Kier molecular flexibility index (Phi) is 8.67. The minimum Gasteiger partial charge on any atom is -0.494 e. The lowest BCUT2D eigenvalue weighted by atomic mass is 10.2. The van der Waals surface area contributed by atoms with E-state index in [1.807, 2.05) is 31.2 Å². The van der Waals surface area contributed by atoms with Gasteiger partial charge in [-0.15, -0.1) is 0 Å². The van der Waals surface area contributed by atoms with Gasteiger partial charge in [-0.3, -0.25) is 9.10 Å². The third kappa shape index (κ3) is 6.59. The molecule has 178 valence electrons. The number of sulfonamides is 1. The van der Waals surface area contributed by atoms with E-state index in [0.717, 1.165) is 22.0 Å². The SMILES string of the molecule is CCCOc1ccc(/C=N\NC(=O)CN(c2ccc(Cl)cc2C)S(=O)(=O)c2ccccc2)cc1. The number of amides is 1. The van der Waals surface area contributed by atoms with Crippen LogP contribution in [0.1, 0.15) is 24.5 Å². The Balaban J connectivity index is 1.77. The van der Waals surface area contributed by atoms with Crippen LogP contribution < -0.4 is 14.5 Å². The van der Waals surface area contributed by atoms with Crippen LogP contribution >= 0.6 is 11.6 Å². The van der Waals surface area contributed by atoms with E-state index >= 15 is 0 Å². The third-order valence-corrected chi connectivity index (χ3v) is 6.81. The zero-order chi connectivity index (χ0) is 24.6. The van der Waals surface area contributed by atoms with E-state index in [1.54, 1.807) is 43.3 Å². The molecule has 3 rings (SSSR count). The first-order valence-electron chi connectivity index (χ1n) is 10.7. The van der Waals surface area contributed by atoms with E-state index in [9.17, 15) is 13.2 Å². The maximum absolute atomic E-state index is 13.4. The number of aryl methyl sites for hydroxylation is 1. The van der Waals surface area contributed by atoms with Crippen LogP contribution in [0.15, 0.2) is 82.8 Å². The van der Waals surface area contributed by atoms with E-state index in [4.69, 9.17) is 16.3 Å². The number of hydrazone groups is 1. The van der Waals surface area contributed by atoms with Crippen LogP contribution in [0.25, 0.3) is 0 Å². The van der Waals surface area contributed by atoms with Gasteiger partial charge in [-0.2, -0.15) is 5.10 Å². The molecule has 0 fully saturated rings. The van der Waals surface area contributed by atoms with Crippen LogP contribution in [0.2, 0.25) is 5.02 Å². The van der Waals surface area contributed by atoms with Gasteiger partial charge < -0.3 is 4.74 Å². The molecule has 0 aliphatic heterocycles. The number of benzene rings is 3. The number of carbonyl (C=O) groups excluding carboxylic acids is 1. The Hall–Kier alpha value is -3.36. The standard InChI is InChI=1S/C25H26ClN3O4S/c1-3-15-33-22-12-9-20(10-13-22)17-27-28-25(30)18-29(24-14-11-21(26)16-19(24)2)34(31,32)23-7-5-4-6-8-23/h4-14,16-17H,3,15,18H2,1-2H3,(H,28,30)/b27-17-. The summed E-state index contributed by atoms with van der Waals surface area (Å²) in [6, 6.07) is 20.0. The second-order valence-corrected chi connectivity index (χ2v) is 9.76. The van der Waals surface area contributed by atoms with Crippen molar-refractivity contribution in [2.45, 2.75) is 25.2 Å². The van der Waals surface area contributed by atoms with Crippen LogP contribution in [0.5, 0.6) is 5.75 Å². The monoisotopic (exact) mass is 499 g/mol. The summed E-state index contributed by atoms with van der Waals surface area (Å²) in [4.78, 5) is 12.7. The molecule has 3 aromatic rings. The molecule has 0 atom stereocenters. The van der Waals surface area contributed by atoms with Gasteiger partial charge in [-0.1, -0.05) is 36.7 Å². The Bertz CT molecular complexity index is 1250. The minimum atomic E-state index is -4.01. The number of hydrogen-bond donors (Lipinski definition) is 1. The highest BCUT2D eigenvalue weighted by molar-refractivity contribution is 7.92. The fraction of sp³-hybridized carbons (Fsp3) is 0.200. The van der Waals surface area contributed by atoms with Gasteiger partial charge in [0.2, 0.25) is 0 Å². The van der Waals surface area contributed by atoms with Gasteiger partial charge in [-0.05, 0) is 79.1 Å². The second kappa shape index (κ2) is 11.7. The van der Waals surface area contributed by atoms with Gasteiger partial charge in [0.15, 0.2) is 0 Å². The van der Waals surface area contributed by atoms with Gasteiger partial charge in [0.1, 0.15) is 12.3 Å². The van der Waals surface area contributed by atoms with E-state index in [2.05, 4.69) is 10.5 Å². The Morgan fingerprint density at radius 3 is 2.44 bits per heavy atom. The predicted molar refractivity (Wildman–Crippen MR) is 135 cm³/mol. The fourth-order valence-electron chi connectivity index (χ4n) is 3.13. The molecule has 0 spiro atoms. The van der Waals surface area contributed by atoms with Gasteiger partial charge in [0, 0.05) is 5.02 Å². The van der Waals surface area contributed by atoms with Crippen molar-refractivity contribution in [1.82, 2.24) is 5.43 Å². The number of nitrogens with zero attached hydrogens (tertiary/aromatic N) is 2. The lowest BCUT2D eigenvalue weighted by Crippen LogP contribution is -2.40. The van der Waals surface area contributed by atoms with Crippen molar-refractivity contribution in [3.63, 3.8) is 0 Å². The highest BCUT2D eigenvalue weighted by Gasteiger charge is 2.28. The van der Waals surface area contributed by atoms with Crippen LogP contribution in [0.4, 0.5) is 5.69 Å². The Morgan fingerprint density at radius 2 is 1.79 bits per heavy atom. The molecule has 0 unspecified atom stereocenters. The maximum Gasteiger partial charge on any atom is 0.264 e. The Morgan fingerprint density at radius 1 is 1.09 bits per heavy atom. The summed E-state index contributed by atoms with van der Waals surface area (Å²) in [5, 5.41) is 4.43. The topological polar surface area (TPSA) is 88.1 Å². The molecule has 7 nitrogen and oxygen atoms in total. The first-order valence-corrected chi connectivity index (χ1v) is 12.5. The normalized spacial score (nSPS) is 11.4. The summed E-state index contributed by atoms with van der Waals surface area (Å²) in [6.07, 6.45) is 2.40. The first-order chi connectivity index (χ1) is 16.3. The molecule has 34 heavy (non-hydrogen) atoms. The van der Waals surface area contributed by atoms with Crippen molar-refractivity contribution < 1.29 is 17.9 Å². The molecular formula is C25H26ClN3O4S. The summed E-state index contributed by atoms with van der Waals surface area (Å²) in [6.45, 7) is 3.95. The van der Waals surface area contributed by atoms with Crippen molar-refractivity contribution in [2.24, 2.45) is 5.10 Å². The predicted octanol–water partition coefficient (Wildman–Crippen LogP) is 4.78. The minimum absolute atomic E-state index is 0.0750. The lowest BCUT2D eigenvalue weighted by molar-refractivity contribution is -0.119. The second-order valence-electron chi connectivity index (χ2n) is 7.47. The third-order valence-electron chi connectivity index (χ3n) is 4.80. The van der Waals surface area contributed by atoms with E-state index in [1.165, 1.54) is 18.3 Å². The van der Waals surface area contributed by atoms with E-state index in [-0.39, 0.29) is 4.90 Å². The summed E-state index contributed by atoms with van der Waals surface area (Å²) in [7, 11) is -4.01. The van der Waals surface area contributed by atoms with E-state index in [0.29, 0.717) is 22.9 Å². The molecule has 0 radical (unpaired) electrons. The Labute approximate surface area is 205 Å². The smallest absolute Gasteiger partial charge is 0.264 e. The van der Waals surface area contributed by atoms with Crippen LogP contribution in [0, 0.1) is 6.92 Å². The molecule has 9 heteroatoms. The number of ether oxygens (including phenoxy) is 1. The summed E-state index contributed by atoms with van der Waals surface area (Å²) < 4.78 is 33.3. The van der Waals surface area contributed by atoms with Crippen molar-refractivity contribution in [3.05, 3.63) is 88.9 Å². The van der Waals surface area contributed by atoms with Crippen molar-refractivity contribution in [2.75, 3.05) is 17.5 Å². The molecular weight excluding hydrogens is 474 g/mol. The number of carbonyl (C=O) groups is 1. The highest BCUT2D eigenvalue weighted by atomic mass is 35.5. The molecule has 0 saturated heterocycles. The molecule has 1 N–H and O–H groups in total. The first kappa shape index (κ1) is 25.3. The molecule has 3 aromatic carbocycles.